The summed E-state index contributed by atoms with van der Waals surface area (Å²) in [6.45, 7) is 3.22. The minimum atomic E-state index is -0.0148. The van der Waals surface area contributed by atoms with Gasteiger partial charge < -0.3 is 15.5 Å². The van der Waals surface area contributed by atoms with Gasteiger partial charge >= 0.3 is 0 Å². The molecule has 0 saturated carbocycles. The molecule has 7 heteroatoms. The van der Waals surface area contributed by atoms with Crippen LogP contribution >= 0.6 is 23.2 Å². The Morgan fingerprint density at radius 2 is 1.69 bits per heavy atom. The van der Waals surface area contributed by atoms with Crippen molar-refractivity contribution in [2.75, 3.05) is 31.6 Å². The SMILES string of the molecule is CC(=O)c1ccc2cc(N(C)CC(=O)N(CCCN)Cc3ccc(Cl)cc3Cl)ccc2c1. The smallest absolute Gasteiger partial charge is 0.242 e. The summed E-state index contributed by atoms with van der Waals surface area (Å²) >= 11 is 12.3. The van der Waals surface area contributed by atoms with Gasteiger partial charge in [-0.1, -0.05) is 47.5 Å². The number of nitrogens with zero attached hydrogens (tertiary/aromatic N) is 2. The fraction of sp³-hybridized carbons (Fsp3) is 0.280. The Balaban J connectivity index is 1.75. The van der Waals surface area contributed by atoms with E-state index in [0.29, 0.717) is 41.7 Å². The fourth-order valence-electron chi connectivity index (χ4n) is 3.51. The number of carbonyl (C=O) groups is 2. The number of carbonyl (C=O) groups excluding carboxylic acids is 2. The first kappa shape index (κ1) is 24.1. The van der Waals surface area contributed by atoms with Gasteiger partial charge in [-0.15, -0.1) is 0 Å². The van der Waals surface area contributed by atoms with Crippen LogP contribution in [-0.4, -0.2) is 43.3 Å². The van der Waals surface area contributed by atoms with Crippen molar-refractivity contribution in [3.05, 3.63) is 75.8 Å². The molecular weight excluding hydrogens is 445 g/mol. The van der Waals surface area contributed by atoms with Crippen molar-refractivity contribution in [1.29, 1.82) is 0 Å². The Hall–Kier alpha value is -2.60. The number of halogens is 2. The number of nitrogens with two attached hydrogens (primary N) is 1. The first-order valence-electron chi connectivity index (χ1n) is 10.5. The van der Waals surface area contributed by atoms with E-state index < -0.39 is 0 Å². The van der Waals surface area contributed by atoms with Crippen LogP contribution in [0.5, 0.6) is 0 Å². The van der Waals surface area contributed by atoms with Crippen molar-refractivity contribution in [1.82, 2.24) is 4.90 Å². The third kappa shape index (κ3) is 6.00. The van der Waals surface area contributed by atoms with E-state index in [1.54, 1.807) is 24.0 Å². The number of benzene rings is 3. The second kappa shape index (κ2) is 10.8. The Kier molecular flexibility index (Phi) is 8.13. The highest BCUT2D eigenvalue weighted by molar-refractivity contribution is 6.35. The summed E-state index contributed by atoms with van der Waals surface area (Å²) in [5, 5.41) is 3.10. The number of hydrogen-bond acceptors (Lipinski definition) is 4. The lowest BCUT2D eigenvalue weighted by atomic mass is 10.0. The lowest BCUT2D eigenvalue weighted by Gasteiger charge is -2.27. The molecule has 0 radical (unpaired) electrons. The van der Waals surface area contributed by atoms with Crippen LogP contribution < -0.4 is 10.6 Å². The Morgan fingerprint density at radius 3 is 2.38 bits per heavy atom. The van der Waals surface area contributed by atoms with Crippen molar-refractivity contribution in [2.45, 2.75) is 19.9 Å². The Morgan fingerprint density at radius 1 is 0.969 bits per heavy atom. The number of Topliss-reactive ketones (excluding diaryl/α,β-unsaturated/α-hetero) is 1. The number of ketones is 1. The van der Waals surface area contributed by atoms with Gasteiger partial charge in [-0.05, 0) is 66.6 Å². The maximum absolute atomic E-state index is 13.1. The third-order valence-electron chi connectivity index (χ3n) is 5.40. The number of amides is 1. The van der Waals surface area contributed by atoms with E-state index in [-0.39, 0.29) is 18.2 Å². The fourth-order valence-corrected chi connectivity index (χ4v) is 3.98. The first-order valence-corrected chi connectivity index (χ1v) is 11.2. The van der Waals surface area contributed by atoms with Crippen LogP contribution in [-0.2, 0) is 11.3 Å². The van der Waals surface area contributed by atoms with Gasteiger partial charge in [-0.2, -0.15) is 0 Å². The van der Waals surface area contributed by atoms with E-state index in [4.69, 9.17) is 28.9 Å². The topological polar surface area (TPSA) is 66.6 Å². The van der Waals surface area contributed by atoms with Crippen molar-refractivity contribution in [2.24, 2.45) is 5.73 Å². The summed E-state index contributed by atoms with van der Waals surface area (Å²) in [5.41, 5.74) is 8.13. The molecule has 0 aliphatic carbocycles. The van der Waals surface area contributed by atoms with Crippen LogP contribution in [0.4, 0.5) is 5.69 Å². The van der Waals surface area contributed by atoms with Crippen LogP contribution in [0.3, 0.4) is 0 Å². The summed E-state index contributed by atoms with van der Waals surface area (Å²) in [7, 11) is 1.89. The van der Waals surface area contributed by atoms with Crippen molar-refractivity contribution in [3.8, 4) is 0 Å². The molecule has 0 saturated heterocycles. The maximum Gasteiger partial charge on any atom is 0.242 e. The lowest BCUT2D eigenvalue weighted by molar-refractivity contribution is -0.130. The lowest BCUT2D eigenvalue weighted by Crippen LogP contribution is -2.39. The largest absolute Gasteiger partial charge is 0.365 e. The summed E-state index contributed by atoms with van der Waals surface area (Å²) in [6, 6.07) is 16.9. The van der Waals surface area contributed by atoms with Gasteiger partial charge in [0.25, 0.3) is 0 Å². The first-order chi connectivity index (χ1) is 15.3. The summed E-state index contributed by atoms with van der Waals surface area (Å²) < 4.78 is 0. The van der Waals surface area contributed by atoms with Crippen LogP contribution in [0.2, 0.25) is 10.0 Å². The normalized spacial score (nSPS) is 10.9. The number of likely N-dealkylation sites (N-methyl/N-ethyl adjacent to an activating group) is 1. The highest BCUT2D eigenvalue weighted by Gasteiger charge is 2.18. The predicted molar refractivity (Wildman–Crippen MR) is 133 cm³/mol. The van der Waals surface area contributed by atoms with Gasteiger partial charge in [0.1, 0.15) is 0 Å². The number of rotatable bonds is 9. The second-order valence-electron chi connectivity index (χ2n) is 7.85. The monoisotopic (exact) mass is 471 g/mol. The molecule has 0 aromatic heterocycles. The average Bonchev–Trinajstić information content (AvgIpc) is 2.77. The number of hydrogen-bond donors (Lipinski definition) is 1. The van der Waals surface area contributed by atoms with E-state index in [2.05, 4.69) is 0 Å². The molecular formula is C25H27Cl2N3O2. The molecule has 3 aromatic rings. The molecule has 0 bridgehead atoms. The minimum Gasteiger partial charge on any atom is -0.365 e. The molecule has 1 amide bonds. The predicted octanol–water partition coefficient (Wildman–Crippen LogP) is 5.16. The highest BCUT2D eigenvalue weighted by atomic mass is 35.5. The van der Waals surface area contributed by atoms with Crippen LogP contribution in [0.25, 0.3) is 10.8 Å². The van der Waals surface area contributed by atoms with E-state index in [0.717, 1.165) is 22.0 Å². The Labute approximate surface area is 198 Å². The van der Waals surface area contributed by atoms with Crippen LogP contribution in [0.15, 0.2) is 54.6 Å². The second-order valence-corrected chi connectivity index (χ2v) is 8.70. The van der Waals surface area contributed by atoms with Crippen molar-refractivity contribution in [3.63, 3.8) is 0 Å². The molecule has 0 atom stereocenters. The summed E-state index contributed by atoms with van der Waals surface area (Å²) in [4.78, 5) is 28.4. The standard InChI is InChI=1S/C25H27Cl2N3O2/c1-17(31)18-4-5-20-13-23(9-7-19(20)12-18)29(2)16-25(32)30(11-3-10-28)15-21-6-8-22(26)14-24(21)27/h4-9,12-14H,3,10-11,15-16,28H2,1-2H3. The van der Waals surface area contributed by atoms with Crippen LogP contribution in [0.1, 0.15) is 29.3 Å². The molecule has 3 aromatic carbocycles. The van der Waals surface area contributed by atoms with Gasteiger partial charge in [0, 0.05) is 41.4 Å². The molecule has 32 heavy (non-hydrogen) atoms. The molecule has 0 spiro atoms. The van der Waals surface area contributed by atoms with Gasteiger partial charge in [0.15, 0.2) is 5.78 Å². The highest BCUT2D eigenvalue weighted by Crippen LogP contribution is 2.24. The van der Waals surface area contributed by atoms with Gasteiger partial charge in [-0.25, -0.2) is 0 Å². The molecule has 0 unspecified atom stereocenters. The third-order valence-corrected chi connectivity index (χ3v) is 5.99. The average molecular weight is 472 g/mol. The molecule has 168 valence electrons. The zero-order valence-electron chi connectivity index (χ0n) is 18.3. The van der Waals surface area contributed by atoms with E-state index in [1.165, 1.54) is 0 Å². The van der Waals surface area contributed by atoms with E-state index >= 15 is 0 Å². The zero-order chi connectivity index (χ0) is 23.3. The number of anilines is 1. The molecule has 5 nitrogen and oxygen atoms in total. The zero-order valence-corrected chi connectivity index (χ0v) is 19.8. The minimum absolute atomic E-state index is 0.0148. The van der Waals surface area contributed by atoms with Crippen molar-refractivity contribution >= 4 is 51.4 Å². The van der Waals surface area contributed by atoms with Gasteiger partial charge in [0.2, 0.25) is 5.91 Å². The van der Waals surface area contributed by atoms with Gasteiger partial charge in [-0.3, -0.25) is 9.59 Å². The molecule has 0 fully saturated rings. The Bertz CT molecular complexity index is 1130. The molecule has 0 aliphatic heterocycles. The summed E-state index contributed by atoms with van der Waals surface area (Å²) in [5.74, 6) is 0.0241. The molecule has 3 rings (SSSR count). The molecule has 0 aliphatic rings. The van der Waals surface area contributed by atoms with Gasteiger partial charge in [0.05, 0.1) is 6.54 Å². The van der Waals surface area contributed by atoms with Crippen LogP contribution in [0, 0.1) is 0 Å². The van der Waals surface area contributed by atoms with Crippen molar-refractivity contribution < 1.29 is 9.59 Å². The summed E-state index contributed by atoms with van der Waals surface area (Å²) in [6.07, 6.45) is 0.703. The molecule has 0 heterocycles. The number of fused-ring (bicyclic) bond motifs is 1. The van der Waals surface area contributed by atoms with E-state index in [1.807, 2.05) is 54.4 Å². The quantitative estimate of drug-likeness (QED) is 0.437. The van der Waals surface area contributed by atoms with E-state index in [9.17, 15) is 9.59 Å². The maximum atomic E-state index is 13.1. The molecule has 2 N–H and O–H groups in total.